The van der Waals surface area contributed by atoms with E-state index in [-0.39, 0.29) is 42.9 Å². The largest absolute Gasteiger partial charge is 0.512 e. The predicted octanol–water partition coefficient (Wildman–Crippen LogP) is 8.69. The standard InChI is InChI=1S/C27H23FNO.C5H8O2.Ir/c1-15-10-22-19-8-9-29-25(21(19)7-6-20(22)24(28)11-15)17-13-18-12-16(2)30-26(18)23(14-17)27(3,4)5;1-4(6)3-5(2)7;/h6-12,14H,1-5H3;3,6H,1-2H3;/q-1;;/b;4-3-;. The Kier molecular flexibility index (Phi) is 8.60. The summed E-state index contributed by atoms with van der Waals surface area (Å²) in [6.45, 7) is 13.3. The molecule has 0 saturated carbocycles. The van der Waals surface area contributed by atoms with Crippen LogP contribution in [-0.4, -0.2) is 15.9 Å². The normalized spacial score (nSPS) is 11.8. The van der Waals surface area contributed by atoms with Crippen LogP contribution in [0, 0.1) is 25.7 Å². The zero-order valence-electron chi connectivity index (χ0n) is 22.6. The molecule has 1 radical (unpaired) electrons. The molecule has 0 unspecified atom stereocenters. The van der Waals surface area contributed by atoms with Crippen LogP contribution in [-0.2, 0) is 30.3 Å². The average Bonchev–Trinajstić information content (AvgIpc) is 3.16. The minimum absolute atomic E-state index is 0. The summed E-state index contributed by atoms with van der Waals surface area (Å²) in [5.41, 5.74) is 4.59. The van der Waals surface area contributed by atoms with E-state index in [0.717, 1.165) is 55.3 Å². The van der Waals surface area contributed by atoms with Crippen molar-refractivity contribution >= 4 is 38.3 Å². The van der Waals surface area contributed by atoms with E-state index in [1.807, 2.05) is 44.2 Å². The molecule has 6 heteroatoms. The number of furan rings is 1. The van der Waals surface area contributed by atoms with Crippen molar-refractivity contribution < 1.29 is 38.8 Å². The fourth-order valence-electron chi connectivity index (χ4n) is 4.58. The number of aromatic nitrogens is 1. The molecule has 1 N–H and O–H groups in total. The molecule has 38 heavy (non-hydrogen) atoms. The maximum Gasteiger partial charge on any atom is 0.155 e. The van der Waals surface area contributed by atoms with Gasteiger partial charge in [-0.25, -0.2) is 4.39 Å². The monoisotopic (exact) mass is 689 g/mol. The Morgan fingerprint density at radius 2 is 1.68 bits per heavy atom. The second-order valence-corrected chi connectivity index (χ2v) is 10.5. The molecule has 0 aliphatic rings. The fraction of sp³-hybridized carbons (Fsp3) is 0.250. The molecular weight excluding hydrogens is 658 g/mol. The van der Waals surface area contributed by atoms with Gasteiger partial charge in [-0.3, -0.25) is 9.78 Å². The van der Waals surface area contributed by atoms with E-state index in [4.69, 9.17) is 14.5 Å². The van der Waals surface area contributed by atoms with Crippen molar-refractivity contribution in [1.29, 1.82) is 0 Å². The van der Waals surface area contributed by atoms with Crippen molar-refractivity contribution in [1.82, 2.24) is 4.98 Å². The molecule has 3 aromatic carbocycles. The quantitative estimate of drug-likeness (QED) is 0.0873. The number of rotatable bonds is 2. The summed E-state index contributed by atoms with van der Waals surface area (Å²) in [6, 6.07) is 17.1. The summed E-state index contributed by atoms with van der Waals surface area (Å²) in [5.74, 6) is 0.612. The third kappa shape index (κ3) is 6.03. The first-order valence-corrected chi connectivity index (χ1v) is 12.2. The molecule has 0 fully saturated rings. The van der Waals surface area contributed by atoms with Crippen molar-refractivity contribution in [3.8, 4) is 11.3 Å². The molecule has 2 heterocycles. The molecule has 4 nitrogen and oxygen atoms in total. The number of carbonyl (C=O) groups is 1. The predicted molar refractivity (Wildman–Crippen MR) is 148 cm³/mol. The van der Waals surface area contributed by atoms with Crippen molar-refractivity contribution in [2.24, 2.45) is 0 Å². The van der Waals surface area contributed by atoms with Gasteiger partial charge >= 0.3 is 0 Å². The number of aliphatic hydroxyl groups is 1. The molecule has 0 bridgehead atoms. The van der Waals surface area contributed by atoms with Gasteiger partial charge in [-0.05, 0) is 67.0 Å². The van der Waals surface area contributed by atoms with E-state index >= 15 is 0 Å². The number of carbonyl (C=O) groups excluding carboxylic acids is 1. The van der Waals surface area contributed by atoms with Gasteiger partial charge in [0.2, 0.25) is 0 Å². The Morgan fingerprint density at radius 1 is 1.00 bits per heavy atom. The minimum atomic E-state index is -0.192. The summed E-state index contributed by atoms with van der Waals surface area (Å²) in [5, 5.41) is 12.8. The number of aryl methyl sites for hydroxylation is 2. The van der Waals surface area contributed by atoms with Crippen LogP contribution in [0.2, 0.25) is 0 Å². The molecule has 0 aliphatic carbocycles. The first kappa shape index (κ1) is 29.2. The zero-order valence-corrected chi connectivity index (χ0v) is 25.0. The Morgan fingerprint density at radius 3 is 2.29 bits per heavy atom. The average molecular weight is 689 g/mol. The van der Waals surface area contributed by atoms with Gasteiger partial charge in [0, 0.05) is 43.5 Å². The van der Waals surface area contributed by atoms with Crippen LogP contribution in [0.3, 0.4) is 0 Å². The maximum absolute atomic E-state index is 14.5. The van der Waals surface area contributed by atoms with Crippen molar-refractivity contribution in [2.75, 3.05) is 0 Å². The third-order valence-electron chi connectivity index (χ3n) is 6.10. The number of aliphatic hydroxyl groups excluding tert-OH is 1. The molecule has 0 saturated heterocycles. The van der Waals surface area contributed by atoms with Crippen LogP contribution in [0.15, 0.2) is 64.9 Å². The van der Waals surface area contributed by atoms with Crippen molar-refractivity contribution in [2.45, 2.75) is 53.9 Å². The maximum atomic E-state index is 14.5. The van der Waals surface area contributed by atoms with E-state index in [2.05, 4.69) is 32.9 Å². The Labute approximate surface area is 235 Å². The number of allylic oxidation sites excluding steroid dienone is 2. The Balaban J connectivity index is 0.000000444. The number of nitrogens with zero attached hydrogens (tertiary/aromatic N) is 1. The topological polar surface area (TPSA) is 63.3 Å². The summed E-state index contributed by atoms with van der Waals surface area (Å²) < 4.78 is 20.5. The van der Waals surface area contributed by atoms with Crippen molar-refractivity contribution in [3.05, 3.63) is 89.3 Å². The number of pyridine rings is 1. The number of ketones is 1. The molecule has 0 atom stereocenters. The fourth-order valence-corrected chi connectivity index (χ4v) is 4.58. The molecular formula is C32H31FIrNO3-. The van der Waals surface area contributed by atoms with Gasteiger partial charge in [0.15, 0.2) is 5.78 Å². The Bertz CT molecular complexity index is 1690. The number of hydrogen-bond acceptors (Lipinski definition) is 4. The second kappa shape index (κ2) is 11.2. The third-order valence-corrected chi connectivity index (χ3v) is 6.10. The zero-order chi connectivity index (χ0) is 27.1. The molecule has 0 amide bonds. The van der Waals surface area contributed by atoms with Crippen molar-refractivity contribution in [3.63, 3.8) is 0 Å². The summed E-state index contributed by atoms with van der Waals surface area (Å²) in [7, 11) is 0. The van der Waals surface area contributed by atoms with E-state index in [1.54, 1.807) is 12.3 Å². The first-order valence-electron chi connectivity index (χ1n) is 12.2. The van der Waals surface area contributed by atoms with Gasteiger partial charge in [-0.2, -0.15) is 0 Å². The van der Waals surface area contributed by atoms with Crippen LogP contribution < -0.4 is 0 Å². The molecule has 0 aliphatic heterocycles. The second-order valence-electron chi connectivity index (χ2n) is 10.5. The van der Waals surface area contributed by atoms with Crippen LogP contribution >= 0.6 is 0 Å². The molecule has 5 aromatic rings. The van der Waals surface area contributed by atoms with E-state index < -0.39 is 0 Å². The molecule has 5 rings (SSSR count). The number of halogens is 1. The van der Waals surface area contributed by atoms with Gasteiger partial charge < -0.3 is 9.52 Å². The van der Waals surface area contributed by atoms with E-state index in [9.17, 15) is 9.18 Å². The van der Waals surface area contributed by atoms with Gasteiger partial charge in [-0.1, -0.05) is 61.5 Å². The van der Waals surface area contributed by atoms with E-state index in [1.165, 1.54) is 19.9 Å². The number of benzene rings is 3. The first-order chi connectivity index (χ1) is 17.3. The van der Waals surface area contributed by atoms with Gasteiger partial charge in [0.25, 0.3) is 0 Å². The number of hydrogen-bond donors (Lipinski definition) is 1. The van der Waals surface area contributed by atoms with Crippen LogP contribution in [0.5, 0.6) is 0 Å². The molecule has 0 spiro atoms. The Hall–Kier alpha value is -3.34. The van der Waals surface area contributed by atoms with Gasteiger partial charge in [0.1, 0.15) is 5.82 Å². The van der Waals surface area contributed by atoms with Crippen LogP contribution in [0.4, 0.5) is 4.39 Å². The van der Waals surface area contributed by atoms with Gasteiger partial charge in [-0.15, -0.1) is 12.1 Å². The SMILES string of the molecule is CC(=O)/C=C(/C)O.Cc1cc(F)c2ccc3c(-c4[c-]c5cc(C)oc5c(C(C)(C)C)c4)nccc3c2c1.[Ir]. The van der Waals surface area contributed by atoms with Crippen LogP contribution in [0.25, 0.3) is 43.8 Å². The molecule has 2 aromatic heterocycles. The number of fused-ring (bicyclic) bond motifs is 4. The molecule has 199 valence electrons. The van der Waals surface area contributed by atoms with Crippen LogP contribution in [0.1, 0.15) is 51.5 Å². The smallest absolute Gasteiger partial charge is 0.155 e. The summed E-state index contributed by atoms with van der Waals surface area (Å²) in [6.07, 6.45) is 2.97. The van der Waals surface area contributed by atoms with Gasteiger partial charge in [0.05, 0.1) is 17.1 Å². The summed E-state index contributed by atoms with van der Waals surface area (Å²) >= 11 is 0. The van der Waals surface area contributed by atoms with E-state index in [0.29, 0.717) is 5.39 Å². The minimum Gasteiger partial charge on any atom is -0.512 e. The summed E-state index contributed by atoms with van der Waals surface area (Å²) in [4.78, 5) is 14.7.